The number of aromatic nitrogens is 1. The Morgan fingerprint density at radius 3 is 2.78 bits per heavy atom. The number of benzene rings is 1. The minimum Gasteiger partial charge on any atom is -0.264 e. The van der Waals surface area contributed by atoms with Gasteiger partial charge in [0.2, 0.25) is 0 Å². The van der Waals surface area contributed by atoms with Crippen LogP contribution in [0.1, 0.15) is 30.0 Å². The Morgan fingerprint density at radius 2 is 2.00 bits per heavy atom. The molecule has 0 aliphatic heterocycles. The average molecular weight is 235 g/mol. The van der Waals surface area contributed by atoms with E-state index in [0.29, 0.717) is 0 Å². The van der Waals surface area contributed by atoms with E-state index in [0.717, 1.165) is 12.8 Å². The summed E-state index contributed by atoms with van der Waals surface area (Å²) >= 11 is 0. The molecular formula is C17H17N. The van der Waals surface area contributed by atoms with Crippen LogP contribution in [0.5, 0.6) is 0 Å². The molecule has 3 rings (SSSR count). The van der Waals surface area contributed by atoms with Gasteiger partial charge in [-0.05, 0) is 41.2 Å². The first-order valence-corrected chi connectivity index (χ1v) is 6.40. The number of allylic oxidation sites excluding steroid dienone is 1. The number of pyridine rings is 1. The van der Waals surface area contributed by atoms with Crippen molar-refractivity contribution in [3.05, 3.63) is 72.1 Å². The third-order valence-electron chi connectivity index (χ3n) is 4.20. The number of aryl methyl sites for hydroxylation is 1. The molecule has 0 bridgehead atoms. The summed E-state index contributed by atoms with van der Waals surface area (Å²) in [4.78, 5) is 4.25. The molecule has 1 aliphatic carbocycles. The zero-order valence-electron chi connectivity index (χ0n) is 10.7. The minimum atomic E-state index is 0.0165. The van der Waals surface area contributed by atoms with Gasteiger partial charge in [-0.2, -0.15) is 0 Å². The molecule has 1 atom stereocenters. The second-order valence-corrected chi connectivity index (χ2v) is 5.21. The lowest BCUT2D eigenvalue weighted by atomic mass is 9.66. The highest BCUT2D eigenvalue weighted by atomic mass is 14.6. The molecule has 1 heteroatoms. The number of nitrogens with zero attached hydrogens (tertiary/aromatic N) is 1. The van der Waals surface area contributed by atoms with Crippen molar-refractivity contribution in [3.8, 4) is 0 Å². The predicted octanol–water partition coefficient (Wildman–Crippen LogP) is 4.00. The molecule has 0 saturated carbocycles. The first-order chi connectivity index (χ1) is 8.72. The van der Waals surface area contributed by atoms with Gasteiger partial charge in [0, 0.05) is 17.8 Å². The van der Waals surface area contributed by atoms with Gasteiger partial charge >= 0.3 is 0 Å². The van der Waals surface area contributed by atoms with Crippen LogP contribution >= 0.6 is 0 Å². The molecule has 1 aromatic carbocycles. The predicted molar refractivity (Wildman–Crippen MR) is 75.4 cm³/mol. The van der Waals surface area contributed by atoms with Gasteiger partial charge in [-0.15, -0.1) is 0 Å². The van der Waals surface area contributed by atoms with Crippen molar-refractivity contribution >= 4 is 5.57 Å². The Bertz CT molecular complexity index is 586. The van der Waals surface area contributed by atoms with E-state index in [4.69, 9.17) is 0 Å². The van der Waals surface area contributed by atoms with Crippen LogP contribution in [0.2, 0.25) is 0 Å². The molecule has 1 nitrogen and oxygen atoms in total. The van der Waals surface area contributed by atoms with Crippen molar-refractivity contribution in [3.63, 3.8) is 0 Å². The molecule has 0 fully saturated rings. The van der Waals surface area contributed by atoms with E-state index < -0.39 is 0 Å². The highest BCUT2D eigenvalue weighted by Crippen LogP contribution is 2.45. The van der Waals surface area contributed by atoms with Gasteiger partial charge in [0.1, 0.15) is 0 Å². The van der Waals surface area contributed by atoms with Crippen molar-refractivity contribution in [1.82, 2.24) is 4.98 Å². The molecular weight excluding hydrogens is 218 g/mol. The van der Waals surface area contributed by atoms with Crippen LogP contribution in [0.15, 0.2) is 55.4 Å². The molecule has 1 heterocycles. The highest BCUT2D eigenvalue weighted by molar-refractivity contribution is 5.77. The van der Waals surface area contributed by atoms with Crippen molar-refractivity contribution in [2.45, 2.75) is 25.2 Å². The summed E-state index contributed by atoms with van der Waals surface area (Å²) in [5.41, 5.74) is 5.24. The first-order valence-electron chi connectivity index (χ1n) is 6.40. The molecule has 18 heavy (non-hydrogen) atoms. The average Bonchev–Trinajstić information content (AvgIpc) is 2.44. The van der Waals surface area contributed by atoms with E-state index in [1.54, 1.807) is 0 Å². The quantitative estimate of drug-likeness (QED) is 0.728. The molecule has 0 saturated heterocycles. The Balaban J connectivity index is 2.10. The van der Waals surface area contributed by atoms with Crippen LogP contribution in [0, 0.1) is 0 Å². The van der Waals surface area contributed by atoms with E-state index >= 15 is 0 Å². The fraction of sp³-hybridized carbons (Fsp3) is 0.235. The maximum atomic E-state index is 4.36. The summed E-state index contributed by atoms with van der Waals surface area (Å²) < 4.78 is 0. The van der Waals surface area contributed by atoms with Crippen molar-refractivity contribution in [2.75, 3.05) is 0 Å². The summed E-state index contributed by atoms with van der Waals surface area (Å²) in [5, 5.41) is 0. The summed E-state index contributed by atoms with van der Waals surface area (Å²) in [6.07, 6.45) is 6.01. The van der Waals surface area contributed by atoms with Crippen molar-refractivity contribution in [1.29, 1.82) is 0 Å². The standard InChI is InChI=1S/C17H17N/c1-13-16-8-4-3-6-14(16)9-10-17(13,2)15-7-5-11-18-12-15/h3-8,11-12H,1,9-10H2,2H3/t17-/m0/s1. The second-order valence-electron chi connectivity index (χ2n) is 5.21. The SMILES string of the molecule is C=C1c2ccccc2CC[C@]1(C)c1cccnc1. The van der Waals surface area contributed by atoms with Crippen LogP contribution < -0.4 is 0 Å². The fourth-order valence-corrected chi connectivity index (χ4v) is 2.87. The van der Waals surface area contributed by atoms with Crippen LogP contribution in [0.4, 0.5) is 0 Å². The van der Waals surface area contributed by atoms with Gasteiger partial charge in [-0.1, -0.05) is 43.8 Å². The monoisotopic (exact) mass is 235 g/mol. The zero-order chi connectivity index (χ0) is 12.6. The van der Waals surface area contributed by atoms with Crippen LogP contribution in [0.25, 0.3) is 5.57 Å². The van der Waals surface area contributed by atoms with Gasteiger partial charge in [0.15, 0.2) is 0 Å². The zero-order valence-corrected chi connectivity index (χ0v) is 10.7. The summed E-state index contributed by atoms with van der Waals surface area (Å²) in [6, 6.07) is 12.8. The normalized spacial score (nSPS) is 22.6. The van der Waals surface area contributed by atoms with Gasteiger partial charge < -0.3 is 0 Å². The van der Waals surface area contributed by atoms with E-state index in [2.05, 4.69) is 48.8 Å². The maximum absolute atomic E-state index is 4.36. The molecule has 2 aromatic rings. The molecule has 0 radical (unpaired) electrons. The van der Waals surface area contributed by atoms with Crippen molar-refractivity contribution < 1.29 is 0 Å². The Morgan fingerprint density at radius 1 is 1.17 bits per heavy atom. The minimum absolute atomic E-state index is 0.0165. The molecule has 90 valence electrons. The largest absolute Gasteiger partial charge is 0.264 e. The second kappa shape index (κ2) is 4.09. The van der Waals surface area contributed by atoms with Gasteiger partial charge in [0.25, 0.3) is 0 Å². The van der Waals surface area contributed by atoms with E-state index in [9.17, 15) is 0 Å². The molecule has 1 aliphatic rings. The number of hydrogen-bond acceptors (Lipinski definition) is 1. The lowest BCUT2D eigenvalue weighted by Gasteiger charge is -2.37. The lowest BCUT2D eigenvalue weighted by molar-refractivity contribution is 0.540. The van der Waals surface area contributed by atoms with E-state index in [-0.39, 0.29) is 5.41 Å². The Labute approximate surface area is 108 Å². The molecule has 0 unspecified atom stereocenters. The third kappa shape index (κ3) is 1.59. The maximum Gasteiger partial charge on any atom is 0.0308 e. The summed E-state index contributed by atoms with van der Waals surface area (Å²) in [7, 11) is 0. The topological polar surface area (TPSA) is 12.9 Å². The molecule has 0 N–H and O–H groups in total. The van der Waals surface area contributed by atoms with Crippen LogP contribution in [-0.4, -0.2) is 4.98 Å². The van der Waals surface area contributed by atoms with Crippen LogP contribution in [-0.2, 0) is 11.8 Å². The fourth-order valence-electron chi connectivity index (χ4n) is 2.87. The van der Waals surface area contributed by atoms with E-state index in [1.807, 2.05) is 18.5 Å². The van der Waals surface area contributed by atoms with Gasteiger partial charge in [0.05, 0.1) is 0 Å². The third-order valence-corrected chi connectivity index (χ3v) is 4.20. The van der Waals surface area contributed by atoms with E-state index in [1.165, 1.54) is 22.3 Å². The summed E-state index contributed by atoms with van der Waals surface area (Å²) in [6.45, 7) is 6.64. The first kappa shape index (κ1) is 11.2. The van der Waals surface area contributed by atoms with Gasteiger partial charge in [-0.25, -0.2) is 0 Å². The molecule has 0 spiro atoms. The Hall–Kier alpha value is -1.89. The highest BCUT2D eigenvalue weighted by Gasteiger charge is 2.34. The number of fused-ring (bicyclic) bond motifs is 1. The number of hydrogen-bond donors (Lipinski definition) is 0. The number of rotatable bonds is 1. The smallest absolute Gasteiger partial charge is 0.0308 e. The molecule has 1 aromatic heterocycles. The molecule has 0 amide bonds. The lowest BCUT2D eigenvalue weighted by Crippen LogP contribution is -2.28. The van der Waals surface area contributed by atoms with Crippen molar-refractivity contribution in [2.24, 2.45) is 0 Å². The Kier molecular flexibility index (Phi) is 2.55. The summed E-state index contributed by atoms with van der Waals surface area (Å²) in [5.74, 6) is 0. The van der Waals surface area contributed by atoms with Gasteiger partial charge in [-0.3, -0.25) is 4.98 Å². The van der Waals surface area contributed by atoms with Crippen LogP contribution in [0.3, 0.4) is 0 Å².